The van der Waals surface area contributed by atoms with Gasteiger partial charge in [0.1, 0.15) is 11.6 Å². The third-order valence-corrected chi connectivity index (χ3v) is 17.1. The van der Waals surface area contributed by atoms with Crippen LogP contribution in [0.2, 0.25) is 0 Å². The number of Topliss-reactive ketones (excluding diaryl/α,β-unsaturated/α-hetero) is 3. The van der Waals surface area contributed by atoms with E-state index in [0.717, 1.165) is 97.0 Å². The standard InChI is InChI=1S/2C27H24N4O.C26H23N5O.CH4/c2*32-26(23-18-31-24-9-5-4-8-22(23)24)25(20-6-2-1-3-7-20)28-15-14-19-10-12-21(13-11-19)27-29-16-17-30-27;32-25(22-16-28-23-9-5-4-8-21(22)23)24(19-6-2-1-3-7-19)27-15-14-18-10-12-20(13-11-18)26-29-17-30-31-26;/h2*1-13,16-18,25,28,31H,14-15H2,(H,29,30);1-13,16,24,27-28H,14-15,17H2;1H4/t2*25-;24-;/m101./s1. The number of amidine groups is 1. The van der Waals surface area contributed by atoms with Gasteiger partial charge in [0.05, 0.1) is 18.1 Å². The van der Waals surface area contributed by atoms with Crippen molar-refractivity contribution in [3.05, 3.63) is 336 Å². The lowest BCUT2D eigenvalue weighted by atomic mass is 9.96. The molecule has 9 aromatic carbocycles. The van der Waals surface area contributed by atoms with E-state index in [0.29, 0.717) is 48.8 Å². The third-order valence-electron chi connectivity index (χ3n) is 17.1. The van der Waals surface area contributed by atoms with Gasteiger partial charge >= 0.3 is 0 Å². The Morgan fingerprint density at radius 1 is 0.371 bits per heavy atom. The number of fused-ring (bicyclic) bond motifs is 3. The van der Waals surface area contributed by atoms with E-state index in [1.54, 1.807) is 12.4 Å². The summed E-state index contributed by atoms with van der Waals surface area (Å²) < 4.78 is 0. The number of carbonyl (C=O) groups excluding carboxylic acids is 3. The molecule has 0 saturated carbocycles. The molecule has 3 atom stereocenters. The molecule has 0 aliphatic carbocycles. The zero-order chi connectivity index (χ0) is 65.3. The predicted molar refractivity (Wildman–Crippen MR) is 388 cm³/mol. The Kier molecular flexibility index (Phi) is 21.4. The molecule has 16 heteroatoms. The Labute approximate surface area is 562 Å². The number of azo groups is 1. The number of hydrogen-bond donors (Lipinski definition) is 8. The van der Waals surface area contributed by atoms with Crippen LogP contribution in [0.5, 0.6) is 0 Å². The third kappa shape index (κ3) is 15.9. The molecule has 97 heavy (non-hydrogen) atoms. The second-order valence-corrected chi connectivity index (χ2v) is 23.3. The molecule has 1 aliphatic rings. The van der Waals surface area contributed by atoms with E-state index >= 15 is 0 Å². The normalized spacial score (nSPS) is 12.6. The molecule has 0 spiro atoms. The molecular formula is C81H75N13O3. The van der Waals surface area contributed by atoms with Gasteiger partial charge in [-0.1, -0.05) is 226 Å². The van der Waals surface area contributed by atoms with Crippen molar-refractivity contribution in [2.75, 3.05) is 26.3 Å². The molecule has 0 bridgehead atoms. The van der Waals surface area contributed by atoms with Crippen molar-refractivity contribution in [1.82, 2.24) is 50.8 Å². The van der Waals surface area contributed by atoms with Crippen LogP contribution in [0.4, 0.5) is 0 Å². The number of H-pyrrole nitrogens is 5. The molecular weight excluding hydrogens is 1200 g/mol. The van der Waals surface area contributed by atoms with Crippen LogP contribution < -0.4 is 16.0 Å². The summed E-state index contributed by atoms with van der Waals surface area (Å²) in [6.07, 6.45) is 15.0. The van der Waals surface area contributed by atoms with Gasteiger partial charge in [0.2, 0.25) is 0 Å². The van der Waals surface area contributed by atoms with Gasteiger partial charge in [-0.15, -0.1) is 5.11 Å². The van der Waals surface area contributed by atoms with Crippen LogP contribution in [0.3, 0.4) is 0 Å². The monoisotopic (exact) mass is 1280 g/mol. The Hall–Kier alpha value is -11.8. The number of imidazole rings is 2. The van der Waals surface area contributed by atoms with Crippen molar-refractivity contribution in [2.24, 2.45) is 15.2 Å². The molecule has 0 fully saturated rings. The summed E-state index contributed by atoms with van der Waals surface area (Å²) in [5, 5.41) is 21.3. The Balaban J connectivity index is 0.000000138. The summed E-state index contributed by atoms with van der Waals surface area (Å²) in [5.74, 6) is 2.62. The van der Waals surface area contributed by atoms with E-state index in [9.17, 15) is 14.4 Å². The fourth-order valence-corrected chi connectivity index (χ4v) is 12.1. The number of aromatic amines is 5. The topological polar surface area (TPSA) is 229 Å². The Bertz CT molecular complexity index is 4680. The highest BCUT2D eigenvalue weighted by Crippen LogP contribution is 2.29. The van der Waals surface area contributed by atoms with Crippen LogP contribution in [0.1, 0.15) is 95.6 Å². The summed E-state index contributed by atoms with van der Waals surface area (Å²) in [7, 11) is 0. The minimum absolute atomic E-state index is 0. The maximum atomic E-state index is 13.5. The number of hydrogen-bond acceptors (Lipinski definition) is 11. The summed E-state index contributed by atoms with van der Waals surface area (Å²) in [5.41, 5.74) is 14.6. The van der Waals surface area contributed by atoms with Gasteiger partial charge in [0, 0.05) is 129 Å². The van der Waals surface area contributed by atoms with Gasteiger partial charge < -0.3 is 40.9 Å². The average Bonchev–Trinajstić information content (AvgIpc) is 1.70. The van der Waals surface area contributed by atoms with Crippen LogP contribution in [0, 0.1) is 0 Å². The smallest absolute Gasteiger partial charge is 0.186 e. The highest BCUT2D eigenvalue weighted by Gasteiger charge is 2.27. The zero-order valence-electron chi connectivity index (χ0n) is 52.7. The van der Waals surface area contributed by atoms with Crippen LogP contribution >= 0.6 is 0 Å². The second kappa shape index (κ2) is 31.9. The summed E-state index contributed by atoms with van der Waals surface area (Å²) in [4.78, 5) is 69.4. The largest absolute Gasteiger partial charge is 0.360 e. The van der Waals surface area contributed by atoms with Crippen molar-refractivity contribution < 1.29 is 14.4 Å². The van der Waals surface area contributed by atoms with Crippen LogP contribution in [-0.4, -0.2) is 84.4 Å². The molecule has 0 amide bonds. The quantitative estimate of drug-likeness (QED) is 0.0271. The highest BCUT2D eigenvalue weighted by atomic mass is 16.1. The van der Waals surface area contributed by atoms with Crippen molar-refractivity contribution in [3.8, 4) is 22.8 Å². The van der Waals surface area contributed by atoms with E-state index in [-0.39, 0.29) is 24.8 Å². The van der Waals surface area contributed by atoms with Crippen molar-refractivity contribution in [3.63, 3.8) is 0 Å². The minimum Gasteiger partial charge on any atom is -0.360 e. The lowest BCUT2D eigenvalue weighted by molar-refractivity contribution is 0.0937. The number of rotatable bonds is 24. The Morgan fingerprint density at radius 2 is 0.691 bits per heavy atom. The fourth-order valence-electron chi connectivity index (χ4n) is 12.1. The zero-order valence-corrected chi connectivity index (χ0v) is 52.7. The molecule has 6 heterocycles. The van der Waals surface area contributed by atoms with Gasteiger partial charge in [-0.25, -0.2) is 15.0 Å². The van der Waals surface area contributed by atoms with E-state index in [1.807, 2.05) is 207 Å². The molecule has 5 aromatic heterocycles. The van der Waals surface area contributed by atoms with E-state index in [1.165, 1.54) is 16.7 Å². The Morgan fingerprint density at radius 3 is 1.00 bits per heavy atom. The summed E-state index contributed by atoms with van der Waals surface area (Å²) in [6.45, 7) is 2.46. The molecule has 15 rings (SSSR count). The maximum absolute atomic E-state index is 13.5. The molecule has 0 radical (unpaired) electrons. The highest BCUT2D eigenvalue weighted by molar-refractivity contribution is 6.12. The molecule has 482 valence electrons. The number of ketones is 3. The first-order valence-corrected chi connectivity index (χ1v) is 32.2. The first kappa shape index (κ1) is 65.3. The first-order valence-electron chi connectivity index (χ1n) is 32.2. The summed E-state index contributed by atoms with van der Waals surface area (Å²) in [6, 6.07) is 77.1. The molecule has 0 saturated heterocycles. The maximum Gasteiger partial charge on any atom is 0.186 e. The minimum atomic E-state index is -0.414. The number of carbonyl (C=O) groups is 3. The molecule has 0 unspecified atom stereocenters. The van der Waals surface area contributed by atoms with Crippen molar-refractivity contribution in [1.29, 1.82) is 0 Å². The van der Waals surface area contributed by atoms with E-state index < -0.39 is 18.1 Å². The van der Waals surface area contributed by atoms with Gasteiger partial charge in [-0.3, -0.25) is 14.4 Å². The van der Waals surface area contributed by atoms with Gasteiger partial charge in [-0.2, -0.15) is 5.11 Å². The predicted octanol–water partition coefficient (Wildman–Crippen LogP) is 16.4. The molecule has 1 aliphatic heterocycles. The number of nitrogens with one attached hydrogen (secondary N) is 8. The number of para-hydroxylation sites is 3. The van der Waals surface area contributed by atoms with E-state index in [4.69, 9.17) is 0 Å². The van der Waals surface area contributed by atoms with Crippen LogP contribution in [0.25, 0.3) is 55.5 Å². The SMILES string of the molecule is C.O=C(c1c[nH]c2ccccc12)[C@@H](NCCc1ccc(-c2ncc[nH]2)cc1)c1ccccc1.O=C(c1c[nH]c2ccccc12)[C@H](NCCc1ccc(-c2ncc[nH]2)cc1)c1ccccc1.O=C(c1c[nH]c2ccccc12)[C@H](NCCc1ccc(C2=NCN=N2)cc1)c1ccccc1. The second-order valence-electron chi connectivity index (χ2n) is 23.3. The van der Waals surface area contributed by atoms with Gasteiger partial charge in [0.25, 0.3) is 0 Å². The molecule has 8 N–H and O–H groups in total. The summed E-state index contributed by atoms with van der Waals surface area (Å²) >= 11 is 0. The first-order chi connectivity index (χ1) is 47.4. The fraction of sp³-hybridized carbons (Fsp3) is 0.136. The van der Waals surface area contributed by atoms with Gasteiger partial charge in [0.15, 0.2) is 29.9 Å². The lowest BCUT2D eigenvalue weighted by Crippen LogP contribution is -2.30. The van der Waals surface area contributed by atoms with Crippen molar-refractivity contribution in [2.45, 2.75) is 44.8 Å². The molecule has 14 aromatic rings. The number of aliphatic imine (C=N–C) groups is 1. The van der Waals surface area contributed by atoms with Crippen LogP contribution in [0.15, 0.2) is 295 Å². The number of nitrogens with zero attached hydrogens (tertiary/aromatic N) is 5. The van der Waals surface area contributed by atoms with Crippen LogP contribution in [-0.2, 0) is 19.3 Å². The lowest BCUT2D eigenvalue weighted by Gasteiger charge is -2.18. The van der Waals surface area contributed by atoms with E-state index in [2.05, 4.69) is 127 Å². The number of benzene rings is 9. The number of aromatic nitrogens is 7. The van der Waals surface area contributed by atoms with Gasteiger partial charge in [-0.05, 0) is 70.8 Å². The average molecular weight is 1280 g/mol. The molecule has 16 nitrogen and oxygen atoms in total. The van der Waals surface area contributed by atoms with Crippen molar-refractivity contribution >= 4 is 55.9 Å².